The van der Waals surface area contributed by atoms with E-state index in [2.05, 4.69) is 26.0 Å². The van der Waals surface area contributed by atoms with Gasteiger partial charge in [-0.2, -0.15) is 5.10 Å². The number of benzene rings is 1. The lowest BCUT2D eigenvalue weighted by Gasteiger charge is -2.08. The van der Waals surface area contributed by atoms with Gasteiger partial charge in [0.1, 0.15) is 16.1 Å². The Hall–Kier alpha value is -2.15. The van der Waals surface area contributed by atoms with Crippen LogP contribution in [0.15, 0.2) is 27.6 Å². The molecule has 2 N–H and O–H groups in total. The molecule has 2 heterocycles. The first kappa shape index (κ1) is 13.8. The maximum absolute atomic E-state index is 12.3. The lowest BCUT2D eigenvalue weighted by molar-refractivity contribution is 0.783. The first-order valence-electron chi connectivity index (χ1n) is 6.36. The van der Waals surface area contributed by atoms with Crippen LogP contribution in [0, 0.1) is 6.92 Å². The number of anilines is 1. The van der Waals surface area contributed by atoms with E-state index in [1.54, 1.807) is 7.05 Å². The average Bonchev–Trinajstić information content (AvgIpc) is 2.75. The summed E-state index contributed by atoms with van der Waals surface area (Å²) in [5.41, 5.74) is 8.61. The smallest absolute Gasteiger partial charge is 0.278 e. The predicted octanol–water partition coefficient (Wildman–Crippen LogP) is 1.99. The zero-order valence-electron chi connectivity index (χ0n) is 11.9. The van der Waals surface area contributed by atoms with Crippen LogP contribution in [-0.4, -0.2) is 19.3 Å². The van der Waals surface area contributed by atoms with Crippen molar-refractivity contribution in [3.05, 3.63) is 38.9 Å². The van der Waals surface area contributed by atoms with E-state index in [4.69, 9.17) is 5.73 Å². The highest BCUT2D eigenvalue weighted by molar-refractivity contribution is 9.10. The second-order valence-corrected chi connectivity index (χ2v) is 5.69. The second kappa shape index (κ2) is 4.70. The summed E-state index contributed by atoms with van der Waals surface area (Å²) in [4.78, 5) is 16.6. The van der Waals surface area contributed by atoms with Crippen molar-refractivity contribution in [1.82, 2.24) is 19.3 Å². The molecule has 0 unspecified atom stereocenters. The molecule has 0 radical (unpaired) electrons. The third-order valence-corrected chi connectivity index (χ3v) is 4.18. The SMILES string of the molecule is Cc1nn(C)c2ccc(-c3nc(Br)c(N)n(C)c3=O)cc12. The number of hydrogen-bond acceptors (Lipinski definition) is 4. The first-order valence-corrected chi connectivity index (χ1v) is 7.15. The zero-order valence-corrected chi connectivity index (χ0v) is 13.5. The van der Waals surface area contributed by atoms with Crippen molar-refractivity contribution in [2.45, 2.75) is 6.92 Å². The number of aromatic nitrogens is 4. The number of nitrogens with zero attached hydrogens (tertiary/aromatic N) is 4. The Morgan fingerprint density at radius 3 is 2.71 bits per heavy atom. The van der Waals surface area contributed by atoms with Gasteiger partial charge in [-0.3, -0.25) is 14.0 Å². The fourth-order valence-corrected chi connectivity index (χ4v) is 2.83. The molecular formula is C14H14BrN5O. The minimum atomic E-state index is -0.225. The standard InChI is InChI=1S/C14H14BrN5O/c1-7-9-6-8(4-5-10(9)20(3)18-7)11-14(21)19(2)13(16)12(15)17-11/h4-6H,16H2,1-3H3. The van der Waals surface area contributed by atoms with Crippen LogP contribution in [0.4, 0.5) is 5.82 Å². The molecule has 21 heavy (non-hydrogen) atoms. The fourth-order valence-electron chi connectivity index (χ4n) is 2.39. The monoisotopic (exact) mass is 347 g/mol. The Morgan fingerprint density at radius 2 is 2.00 bits per heavy atom. The van der Waals surface area contributed by atoms with Crippen LogP contribution in [0.2, 0.25) is 0 Å². The fraction of sp³-hybridized carbons (Fsp3) is 0.214. The van der Waals surface area contributed by atoms with Crippen molar-refractivity contribution in [1.29, 1.82) is 0 Å². The molecule has 0 aliphatic heterocycles. The Labute approximate surface area is 129 Å². The molecular weight excluding hydrogens is 334 g/mol. The Kier molecular flexibility index (Phi) is 3.09. The molecule has 0 saturated heterocycles. The van der Waals surface area contributed by atoms with Crippen LogP contribution in [0.5, 0.6) is 0 Å². The summed E-state index contributed by atoms with van der Waals surface area (Å²) >= 11 is 3.28. The molecule has 0 amide bonds. The van der Waals surface area contributed by atoms with Gasteiger partial charge in [0.05, 0.1) is 11.2 Å². The van der Waals surface area contributed by atoms with Gasteiger partial charge in [0.25, 0.3) is 5.56 Å². The number of hydrogen-bond donors (Lipinski definition) is 1. The molecule has 6 nitrogen and oxygen atoms in total. The molecule has 108 valence electrons. The first-order chi connectivity index (χ1) is 9.90. The van der Waals surface area contributed by atoms with Crippen molar-refractivity contribution in [3.8, 4) is 11.3 Å². The van der Waals surface area contributed by atoms with Gasteiger partial charge < -0.3 is 5.73 Å². The largest absolute Gasteiger partial charge is 0.383 e. The van der Waals surface area contributed by atoms with Crippen LogP contribution in [0.1, 0.15) is 5.69 Å². The summed E-state index contributed by atoms with van der Waals surface area (Å²) in [6.45, 7) is 1.94. The van der Waals surface area contributed by atoms with Gasteiger partial charge in [-0.25, -0.2) is 4.98 Å². The highest BCUT2D eigenvalue weighted by Crippen LogP contribution is 2.25. The van der Waals surface area contributed by atoms with E-state index in [1.165, 1.54) is 4.57 Å². The minimum absolute atomic E-state index is 0.225. The van der Waals surface area contributed by atoms with Gasteiger partial charge in [0.2, 0.25) is 0 Å². The van der Waals surface area contributed by atoms with E-state index in [0.717, 1.165) is 22.2 Å². The molecule has 0 aliphatic carbocycles. The zero-order chi connectivity index (χ0) is 15.3. The topological polar surface area (TPSA) is 78.7 Å². The summed E-state index contributed by atoms with van der Waals surface area (Å²) in [6, 6.07) is 5.75. The third kappa shape index (κ3) is 2.04. The van der Waals surface area contributed by atoms with Crippen molar-refractivity contribution >= 4 is 32.7 Å². The van der Waals surface area contributed by atoms with Gasteiger partial charge in [0.15, 0.2) is 0 Å². The Bertz CT molecular complexity index is 925. The molecule has 0 aliphatic rings. The molecule has 1 aromatic carbocycles. The van der Waals surface area contributed by atoms with E-state index in [0.29, 0.717) is 16.1 Å². The van der Waals surface area contributed by atoms with E-state index in [1.807, 2.05) is 36.9 Å². The number of nitrogen functional groups attached to an aromatic ring is 1. The van der Waals surface area contributed by atoms with Crippen molar-refractivity contribution in [3.63, 3.8) is 0 Å². The molecule has 3 rings (SSSR count). The van der Waals surface area contributed by atoms with E-state index < -0.39 is 0 Å². The van der Waals surface area contributed by atoms with Crippen LogP contribution >= 0.6 is 15.9 Å². The number of aryl methyl sites for hydroxylation is 2. The van der Waals surface area contributed by atoms with E-state index in [-0.39, 0.29) is 5.56 Å². The summed E-state index contributed by atoms with van der Waals surface area (Å²) in [5, 5.41) is 5.39. The van der Waals surface area contributed by atoms with Gasteiger partial charge in [-0.1, -0.05) is 6.07 Å². The van der Waals surface area contributed by atoms with Crippen molar-refractivity contribution < 1.29 is 0 Å². The Morgan fingerprint density at radius 1 is 1.29 bits per heavy atom. The van der Waals surface area contributed by atoms with Crippen LogP contribution < -0.4 is 11.3 Å². The van der Waals surface area contributed by atoms with Gasteiger partial charge in [0, 0.05) is 25.0 Å². The summed E-state index contributed by atoms with van der Waals surface area (Å²) < 4.78 is 3.66. The van der Waals surface area contributed by atoms with Crippen molar-refractivity contribution in [2.24, 2.45) is 14.1 Å². The normalized spacial score (nSPS) is 11.2. The van der Waals surface area contributed by atoms with Gasteiger partial charge in [-0.05, 0) is 35.0 Å². The third-order valence-electron chi connectivity index (χ3n) is 3.60. The molecule has 0 saturated carbocycles. The van der Waals surface area contributed by atoms with E-state index >= 15 is 0 Å². The number of nitrogens with two attached hydrogens (primary N) is 1. The lowest BCUT2D eigenvalue weighted by Crippen LogP contribution is -2.23. The Balaban J connectivity index is 2.31. The predicted molar refractivity (Wildman–Crippen MR) is 86.0 cm³/mol. The number of rotatable bonds is 1. The molecule has 0 fully saturated rings. The van der Waals surface area contributed by atoms with Crippen LogP contribution in [0.25, 0.3) is 22.2 Å². The second-order valence-electron chi connectivity index (χ2n) is 4.94. The minimum Gasteiger partial charge on any atom is -0.383 e. The highest BCUT2D eigenvalue weighted by Gasteiger charge is 2.14. The van der Waals surface area contributed by atoms with Crippen molar-refractivity contribution in [2.75, 3.05) is 5.73 Å². The molecule has 7 heteroatoms. The quantitative estimate of drug-likeness (QED) is 0.729. The molecule has 0 spiro atoms. The molecule has 0 atom stereocenters. The summed E-state index contributed by atoms with van der Waals surface area (Å²) in [7, 11) is 3.52. The summed E-state index contributed by atoms with van der Waals surface area (Å²) in [6.07, 6.45) is 0. The van der Waals surface area contributed by atoms with Gasteiger partial charge >= 0.3 is 0 Å². The van der Waals surface area contributed by atoms with Crippen LogP contribution in [-0.2, 0) is 14.1 Å². The lowest BCUT2D eigenvalue weighted by atomic mass is 10.1. The summed E-state index contributed by atoms with van der Waals surface area (Å²) in [5.74, 6) is 0.308. The van der Waals surface area contributed by atoms with Gasteiger partial charge in [-0.15, -0.1) is 0 Å². The average molecular weight is 348 g/mol. The molecule has 0 bridgehead atoms. The maximum Gasteiger partial charge on any atom is 0.278 e. The van der Waals surface area contributed by atoms with E-state index in [9.17, 15) is 4.79 Å². The molecule has 2 aromatic heterocycles. The number of fused-ring (bicyclic) bond motifs is 1. The number of halogens is 1. The highest BCUT2D eigenvalue weighted by atomic mass is 79.9. The van der Waals surface area contributed by atoms with Crippen LogP contribution in [0.3, 0.4) is 0 Å². The molecule has 3 aromatic rings. The maximum atomic E-state index is 12.3.